The van der Waals surface area contributed by atoms with Gasteiger partial charge in [0.25, 0.3) is 0 Å². The lowest BCUT2D eigenvalue weighted by atomic mass is 10.2. The Morgan fingerprint density at radius 2 is 2.06 bits per heavy atom. The van der Waals surface area contributed by atoms with E-state index in [1.165, 1.54) is 13.2 Å². The zero-order valence-corrected chi connectivity index (χ0v) is 9.47. The van der Waals surface area contributed by atoms with Crippen LogP contribution in [-0.2, 0) is 14.8 Å². The van der Waals surface area contributed by atoms with Crippen molar-refractivity contribution in [2.45, 2.75) is 0 Å². The fourth-order valence-electron chi connectivity index (χ4n) is 1.05. The highest BCUT2D eigenvalue weighted by Gasteiger charge is 2.12. The Labute approximate surface area is 92.3 Å². The second-order valence-electron chi connectivity index (χ2n) is 3.06. The van der Waals surface area contributed by atoms with E-state index in [4.69, 9.17) is 0 Å². The van der Waals surface area contributed by atoms with Crippen LogP contribution in [-0.4, -0.2) is 27.8 Å². The molecular weight excluding hydrogens is 237 g/mol. The fourth-order valence-corrected chi connectivity index (χ4v) is 1.60. The third-order valence-corrected chi connectivity index (χ3v) is 2.27. The predicted molar refractivity (Wildman–Crippen MR) is 56.2 cm³/mol. The van der Waals surface area contributed by atoms with Crippen molar-refractivity contribution in [1.29, 1.82) is 0 Å². The number of esters is 1. The second-order valence-corrected chi connectivity index (χ2v) is 4.81. The van der Waals surface area contributed by atoms with Gasteiger partial charge in [-0.3, -0.25) is 4.72 Å². The topological polar surface area (TPSA) is 72.5 Å². The van der Waals surface area contributed by atoms with Gasteiger partial charge in [0, 0.05) is 0 Å². The molecule has 0 unspecified atom stereocenters. The maximum atomic E-state index is 13.2. The maximum absolute atomic E-state index is 13.2. The van der Waals surface area contributed by atoms with Crippen molar-refractivity contribution >= 4 is 21.7 Å². The fraction of sp³-hybridized carbons (Fsp3) is 0.222. The molecule has 1 aromatic carbocycles. The Bertz CT molecular complexity index is 512. The van der Waals surface area contributed by atoms with Gasteiger partial charge in [-0.1, -0.05) is 0 Å². The van der Waals surface area contributed by atoms with Crippen LogP contribution in [0.4, 0.5) is 10.1 Å². The molecule has 1 rings (SSSR count). The molecule has 88 valence electrons. The first-order chi connectivity index (χ1) is 7.33. The van der Waals surface area contributed by atoms with E-state index >= 15 is 0 Å². The van der Waals surface area contributed by atoms with Gasteiger partial charge in [-0.2, -0.15) is 0 Å². The number of carbonyl (C=O) groups excluding carboxylic acids is 1. The van der Waals surface area contributed by atoms with Crippen LogP contribution in [0.3, 0.4) is 0 Å². The number of hydrogen-bond acceptors (Lipinski definition) is 4. The highest BCUT2D eigenvalue weighted by atomic mass is 32.2. The molecule has 0 aromatic heterocycles. The average molecular weight is 247 g/mol. The van der Waals surface area contributed by atoms with Gasteiger partial charge in [0.05, 0.1) is 24.6 Å². The first-order valence-corrected chi connectivity index (χ1v) is 6.08. The molecule has 0 spiro atoms. The summed E-state index contributed by atoms with van der Waals surface area (Å²) in [6, 6.07) is 3.26. The van der Waals surface area contributed by atoms with Crippen LogP contribution in [0, 0.1) is 5.82 Å². The minimum absolute atomic E-state index is 0.0649. The number of benzene rings is 1. The van der Waals surface area contributed by atoms with Gasteiger partial charge < -0.3 is 4.74 Å². The molecule has 16 heavy (non-hydrogen) atoms. The monoisotopic (exact) mass is 247 g/mol. The third kappa shape index (κ3) is 3.20. The summed E-state index contributed by atoms with van der Waals surface area (Å²) in [5.41, 5.74) is -0.222. The van der Waals surface area contributed by atoms with E-state index in [9.17, 15) is 17.6 Å². The van der Waals surface area contributed by atoms with Crippen LogP contribution >= 0.6 is 0 Å². The molecule has 0 aliphatic heterocycles. The normalized spacial score (nSPS) is 10.9. The van der Waals surface area contributed by atoms with Gasteiger partial charge in [-0.25, -0.2) is 17.6 Å². The summed E-state index contributed by atoms with van der Waals surface area (Å²) in [5.74, 6) is -1.44. The third-order valence-electron chi connectivity index (χ3n) is 1.68. The molecule has 7 heteroatoms. The molecule has 0 amide bonds. The largest absolute Gasteiger partial charge is 0.465 e. The van der Waals surface area contributed by atoms with Crippen molar-refractivity contribution in [2.24, 2.45) is 0 Å². The lowest BCUT2D eigenvalue weighted by molar-refractivity contribution is 0.0600. The van der Waals surface area contributed by atoms with E-state index in [0.29, 0.717) is 0 Å². The van der Waals surface area contributed by atoms with Gasteiger partial charge >= 0.3 is 5.97 Å². The highest BCUT2D eigenvalue weighted by Crippen LogP contribution is 2.17. The van der Waals surface area contributed by atoms with E-state index < -0.39 is 21.8 Å². The molecule has 0 saturated heterocycles. The number of carbonyl (C=O) groups is 1. The van der Waals surface area contributed by atoms with Gasteiger partial charge in [0.1, 0.15) is 5.82 Å². The number of ether oxygens (including phenoxy) is 1. The summed E-state index contributed by atoms with van der Waals surface area (Å²) in [4.78, 5) is 11.1. The zero-order chi connectivity index (χ0) is 12.3. The number of nitrogens with one attached hydrogen (secondary N) is 1. The number of halogens is 1. The van der Waals surface area contributed by atoms with Gasteiger partial charge in [-0.15, -0.1) is 0 Å². The summed E-state index contributed by atoms with van der Waals surface area (Å²) in [6.07, 6.45) is 0.886. The summed E-state index contributed by atoms with van der Waals surface area (Å²) in [5, 5.41) is 0. The molecule has 0 bridgehead atoms. The van der Waals surface area contributed by atoms with E-state index in [1.807, 2.05) is 4.72 Å². The van der Waals surface area contributed by atoms with E-state index in [-0.39, 0.29) is 11.3 Å². The molecule has 0 aliphatic carbocycles. The molecular formula is C9H10FNO4S. The molecule has 1 aromatic rings. The Balaban J connectivity index is 3.14. The van der Waals surface area contributed by atoms with Crippen molar-refractivity contribution < 1.29 is 22.3 Å². The number of sulfonamides is 1. The van der Waals surface area contributed by atoms with Crippen LogP contribution in [0.25, 0.3) is 0 Å². The Hall–Kier alpha value is -1.63. The summed E-state index contributed by atoms with van der Waals surface area (Å²) < 4.78 is 41.4. The summed E-state index contributed by atoms with van der Waals surface area (Å²) in [6.45, 7) is 0. The van der Waals surface area contributed by atoms with Crippen LogP contribution in [0.5, 0.6) is 0 Å². The first-order valence-electron chi connectivity index (χ1n) is 4.19. The minimum Gasteiger partial charge on any atom is -0.465 e. The Morgan fingerprint density at radius 1 is 1.44 bits per heavy atom. The van der Waals surface area contributed by atoms with Crippen LogP contribution in [0.15, 0.2) is 18.2 Å². The molecule has 0 heterocycles. The summed E-state index contributed by atoms with van der Waals surface area (Å²) in [7, 11) is -2.42. The van der Waals surface area contributed by atoms with E-state index in [2.05, 4.69) is 4.74 Å². The quantitative estimate of drug-likeness (QED) is 0.808. The summed E-state index contributed by atoms with van der Waals surface area (Å²) >= 11 is 0. The highest BCUT2D eigenvalue weighted by molar-refractivity contribution is 7.92. The maximum Gasteiger partial charge on any atom is 0.337 e. The average Bonchev–Trinajstić information content (AvgIpc) is 2.18. The van der Waals surface area contributed by atoms with Crippen LogP contribution < -0.4 is 4.72 Å². The molecule has 5 nitrogen and oxygen atoms in total. The zero-order valence-electron chi connectivity index (χ0n) is 8.65. The van der Waals surface area contributed by atoms with E-state index in [0.717, 1.165) is 18.4 Å². The van der Waals surface area contributed by atoms with Gasteiger partial charge in [-0.05, 0) is 18.2 Å². The number of methoxy groups -OCH3 is 1. The van der Waals surface area contributed by atoms with E-state index in [1.54, 1.807) is 0 Å². The van der Waals surface area contributed by atoms with Crippen LogP contribution in [0.1, 0.15) is 10.4 Å². The first kappa shape index (κ1) is 12.4. The number of rotatable bonds is 3. The Kier molecular flexibility index (Phi) is 3.48. The molecule has 0 fully saturated rings. The van der Waals surface area contributed by atoms with Gasteiger partial charge in [0.2, 0.25) is 10.0 Å². The SMILES string of the molecule is COC(=O)c1ccc(F)c(NS(C)(=O)=O)c1. The minimum atomic E-state index is -3.59. The molecule has 0 aliphatic rings. The number of anilines is 1. The van der Waals surface area contributed by atoms with Gasteiger partial charge in [0.15, 0.2) is 0 Å². The second kappa shape index (κ2) is 4.48. The molecule has 0 radical (unpaired) electrons. The predicted octanol–water partition coefficient (Wildman–Crippen LogP) is 0.984. The lowest BCUT2D eigenvalue weighted by Gasteiger charge is -2.06. The van der Waals surface area contributed by atoms with Crippen molar-refractivity contribution in [1.82, 2.24) is 0 Å². The standard InChI is InChI=1S/C9H10FNO4S/c1-15-9(12)6-3-4-7(10)8(5-6)11-16(2,13)14/h3-5,11H,1-2H3. The van der Waals surface area contributed by atoms with Crippen LogP contribution in [0.2, 0.25) is 0 Å². The molecule has 1 N–H and O–H groups in total. The van der Waals surface area contributed by atoms with Crippen molar-refractivity contribution in [3.63, 3.8) is 0 Å². The van der Waals surface area contributed by atoms with Crippen molar-refractivity contribution in [3.8, 4) is 0 Å². The van der Waals surface area contributed by atoms with Crippen molar-refractivity contribution in [3.05, 3.63) is 29.6 Å². The molecule has 0 saturated carbocycles. The number of hydrogen-bond donors (Lipinski definition) is 1. The molecule has 0 atom stereocenters. The van der Waals surface area contributed by atoms with Crippen molar-refractivity contribution in [2.75, 3.05) is 18.1 Å². The smallest absolute Gasteiger partial charge is 0.337 e. The lowest BCUT2D eigenvalue weighted by Crippen LogP contribution is -2.12. The Morgan fingerprint density at radius 3 is 2.56 bits per heavy atom.